The number of hydrogen-bond donors (Lipinski definition) is 2. The zero-order valence-electron chi connectivity index (χ0n) is 10.2. The Labute approximate surface area is 111 Å². The van der Waals surface area contributed by atoms with Crippen molar-refractivity contribution in [2.75, 3.05) is 10.5 Å². The minimum Gasteiger partial charge on any atom is -0.327 e. The molecule has 5 nitrogen and oxygen atoms in total. The first-order valence-electron chi connectivity index (χ1n) is 5.79. The van der Waals surface area contributed by atoms with E-state index in [1.165, 1.54) is 12.3 Å². The first-order valence-corrected chi connectivity index (χ1v) is 7.44. The van der Waals surface area contributed by atoms with Crippen molar-refractivity contribution in [1.82, 2.24) is 4.98 Å². The van der Waals surface area contributed by atoms with Gasteiger partial charge in [-0.15, -0.1) is 0 Å². The van der Waals surface area contributed by atoms with Crippen LogP contribution in [0.4, 0.5) is 5.69 Å². The molecule has 19 heavy (non-hydrogen) atoms. The van der Waals surface area contributed by atoms with E-state index in [0.717, 1.165) is 5.56 Å². The van der Waals surface area contributed by atoms with Gasteiger partial charge in [-0.05, 0) is 24.1 Å². The first-order chi connectivity index (χ1) is 9.07. The minimum absolute atomic E-state index is 0.0376. The van der Waals surface area contributed by atoms with Crippen LogP contribution in [0, 0.1) is 0 Å². The molecule has 0 aliphatic heterocycles. The van der Waals surface area contributed by atoms with Crippen molar-refractivity contribution in [3.63, 3.8) is 0 Å². The third-order valence-corrected chi connectivity index (χ3v) is 3.86. The van der Waals surface area contributed by atoms with Crippen molar-refractivity contribution < 1.29 is 8.42 Å². The topological polar surface area (TPSA) is 79.0 Å². The summed E-state index contributed by atoms with van der Waals surface area (Å²) in [5.74, 6) is -0.0641. The largest absolute Gasteiger partial charge is 0.327 e. The van der Waals surface area contributed by atoms with Crippen LogP contribution in [0.1, 0.15) is 5.56 Å². The molecule has 0 unspecified atom stereocenters. The van der Waals surface area contributed by atoms with Crippen molar-refractivity contribution in [3.8, 4) is 0 Å². The van der Waals surface area contributed by atoms with Gasteiger partial charge < -0.3 is 4.98 Å². The molecule has 0 bridgehead atoms. The summed E-state index contributed by atoms with van der Waals surface area (Å²) < 4.78 is 26.0. The number of rotatable bonds is 5. The predicted octanol–water partition coefficient (Wildman–Crippen LogP) is 1.36. The lowest BCUT2D eigenvalue weighted by Gasteiger charge is -2.07. The van der Waals surface area contributed by atoms with Gasteiger partial charge >= 0.3 is 0 Å². The second-order valence-electron chi connectivity index (χ2n) is 4.07. The van der Waals surface area contributed by atoms with E-state index in [-0.39, 0.29) is 11.4 Å². The van der Waals surface area contributed by atoms with E-state index >= 15 is 0 Å². The molecule has 0 saturated carbocycles. The van der Waals surface area contributed by atoms with Gasteiger partial charge in [0.05, 0.1) is 5.75 Å². The molecule has 0 aliphatic rings. The highest BCUT2D eigenvalue weighted by molar-refractivity contribution is 7.92. The first kappa shape index (κ1) is 13.4. The van der Waals surface area contributed by atoms with E-state index in [9.17, 15) is 13.2 Å². The maximum atomic E-state index is 11.9. The molecule has 1 heterocycles. The molecule has 2 N–H and O–H groups in total. The van der Waals surface area contributed by atoms with Crippen LogP contribution >= 0.6 is 0 Å². The predicted molar refractivity (Wildman–Crippen MR) is 74.6 cm³/mol. The molecule has 1 aromatic heterocycles. The molecule has 0 aliphatic carbocycles. The third-order valence-electron chi connectivity index (χ3n) is 2.59. The van der Waals surface area contributed by atoms with Gasteiger partial charge in [-0.25, -0.2) is 8.42 Å². The number of aromatic amines is 1. The summed E-state index contributed by atoms with van der Waals surface area (Å²) in [6, 6.07) is 12.3. The Morgan fingerprint density at radius 1 is 1.05 bits per heavy atom. The molecule has 2 rings (SSSR count). The van der Waals surface area contributed by atoms with Crippen LogP contribution in [0.2, 0.25) is 0 Å². The number of H-pyrrole nitrogens is 1. The van der Waals surface area contributed by atoms with E-state index in [1.807, 2.05) is 30.3 Å². The number of aryl methyl sites for hydroxylation is 1. The molecule has 0 spiro atoms. The summed E-state index contributed by atoms with van der Waals surface area (Å²) in [7, 11) is -3.53. The van der Waals surface area contributed by atoms with Crippen molar-refractivity contribution in [1.29, 1.82) is 0 Å². The quantitative estimate of drug-likeness (QED) is 0.866. The molecular weight excluding hydrogens is 264 g/mol. The average molecular weight is 278 g/mol. The molecule has 1 aromatic carbocycles. The van der Waals surface area contributed by atoms with Gasteiger partial charge in [-0.1, -0.05) is 30.3 Å². The Kier molecular flexibility index (Phi) is 4.01. The Morgan fingerprint density at radius 2 is 1.79 bits per heavy atom. The van der Waals surface area contributed by atoms with Gasteiger partial charge in [-0.3, -0.25) is 9.52 Å². The molecule has 0 amide bonds. The van der Waals surface area contributed by atoms with Gasteiger partial charge in [0, 0.05) is 6.20 Å². The van der Waals surface area contributed by atoms with Gasteiger partial charge in [0.25, 0.3) is 5.56 Å². The molecular formula is C13H14N2O3S. The highest BCUT2D eigenvalue weighted by Crippen LogP contribution is 2.05. The average Bonchev–Trinajstić information content (AvgIpc) is 2.40. The summed E-state index contributed by atoms with van der Waals surface area (Å²) in [6.07, 6.45) is 1.85. The fraction of sp³-hybridized carbons (Fsp3) is 0.154. The summed E-state index contributed by atoms with van der Waals surface area (Å²) in [5.41, 5.74) is 0.524. The lowest BCUT2D eigenvalue weighted by atomic mass is 10.2. The Bertz CT molecular complexity index is 693. The van der Waals surface area contributed by atoms with E-state index in [4.69, 9.17) is 0 Å². The molecule has 0 fully saturated rings. The second kappa shape index (κ2) is 5.71. The van der Waals surface area contributed by atoms with Crippen LogP contribution in [0.3, 0.4) is 0 Å². The second-order valence-corrected chi connectivity index (χ2v) is 5.91. The van der Waals surface area contributed by atoms with Crippen LogP contribution in [-0.4, -0.2) is 19.2 Å². The number of hydrogen-bond acceptors (Lipinski definition) is 3. The molecule has 0 atom stereocenters. The van der Waals surface area contributed by atoms with Crippen molar-refractivity contribution in [3.05, 3.63) is 64.6 Å². The highest BCUT2D eigenvalue weighted by atomic mass is 32.2. The Hall–Kier alpha value is -2.08. The van der Waals surface area contributed by atoms with Gasteiger partial charge in [0.15, 0.2) is 0 Å². The number of anilines is 1. The molecule has 2 aromatic rings. The van der Waals surface area contributed by atoms with Crippen LogP contribution in [0.15, 0.2) is 53.5 Å². The monoisotopic (exact) mass is 278 g/mol. The highest BCUT2D eigenvalue weighted by Gasteiger charge is 2.12. The minimum atomic E-state index is -3.53. The molecule has 6 heteroatoms. The molecule has 0 saturated heterocycles. The number of pyridine rings is 1. The zero-order valence-corrected chi connectivity index (χ0v) is 11.0. The molecule has 100 valence electrons. The van der Waals surface area contributed by atoms with Crippen LogP contribution in [0.5, 0.6) is 0 Å². The van der Waals surface area contributed by atoms with E-state index in [0.29, 0.717) is 6.42 Å². The third kappa shape index (κ3) is 3.96. The Morgan fingerprint density at radius 3 is 2.47 bits per heavy atom. The van der Waals surface area contributed by atoms with E-state index in [2.05, 4.69) is 9.71 Å². The van der Waals surface area contributed by atoms with Gasteiger partial charge in [0.2, 0.25) is 10.0 Å². The van der Waals surface area contributed by atoms with Crippen LogP contribution in [0.25, 0.3) is 0 Å². The zero-order chi connectivity index (χ0) is 13.7. The number of benzene rings is 1. The fourth-order valence-corrected chi connectivity index (χ4v) is 2.72. The fourth-order valence-electron chi connectivity index (χ4n) is 1.62. The smallest absolute Gasteiger partial charge is 0.272 e. The van der Waals surface area contributed by atoms with Gasteiger partial charge in [0.1, 0.15) is 5.69 Å². The maximum absolute atomic E-state index is 11.9. The summed E-state index contributed by atoms with van der Waals surface area (Å²) in [4.78, 5) is 13.8. The summed E-state index contributed by atoms with van der Waals surface area (Å²) in [6.45, 7) is 0. The van der Waals surface area contributed by atoms with Gasteiger partial charge in [-0.2, -0.15) is 0 Å². The lowest BCUT2D eigenvalue weighted by molar-refractivity contribution is 0.600. The Balaban J connectivity index is 2.04. The summed E-state index contributed by atoms with van der Waals surface area (Å²) >= 11 is 0. The van der Waals surface area contributed by atoms with Crippen LogP contribution in [-0.2, 0) is 16.4 Å². The lowest BCUT2D eigenvalue weighted by Crippen LogP contribution is -2.22. The van der Waals surface area contributed by atoms with Crippen LogP contribution < -0.4 is 10.3 Å². The van der Waals surface area contributed by atoms with E-state index < -0.39 is 15.6 Å². The molecule has 0 radical (unpaired) electrons. The number of aromatic nitrogens is 1. The van der Waals surface area contributed by atoms with E-state index in [1.54, 1.807) is 6.07 Å². The van der Waals surface area contributed by atoms with Crippen molar-refractivity contribution in [2.24, 2.45) is 0 Å². The van der Waals surface area contributed by atoms with Crippen molar-refractivity contribution >= 4 is 15.7 Å². The number of nitrogens with one attached hydrogen (secondary N) is 2. The van der Waals surface area contributed by atoms with Crippen molar-refractivity contribution in [2.45, 2.75) is 6.42 Å². The SMILES string of the molecule is O=c1[nH]cccc1NS(=O)(=O)CCc1ccccc1. The number of sulfonamides is 1. The maximum Gasteiger partial charge on any atom is 0.272 e. The normalized spacial score (nSPS) is 11.2. The summed E-state index contributed by atoms with van der Waals surface area (Å²) in [5, 5.41) is 0. The standard InChI is InChI=1S/C13H14N2O3S/c16-13-12(7-4-9-14-13)15-19(17,18)10-8-11-5-2-1-3-6-11/h1-7,9,15H,8,10H2,(H,14,16).